The molecule has 1 aromatic heterocycles. The molecule has 0 aliphatic carbocycles. The number of nitrogens with zero attached hydrogens (tertiary/aromatic N) is 1. The van der Waals surface area contributed by atoms with E-state index >= 15 is 0 Å². The summed E-state index contributed by atoms with van der Waals surface area (Å²) in [6.07, 6.45) is 1.72. The Morgan fingerprint density at radius 1 is 0.950 bits per heavy atom. The predicted molar refractivity (Wildman–Crippen MR) is 76.8 cm³/mol. The van der Waals surface area contributed by atoms with Crippen LogP contribution in [0.1, 0.15) is 21.6 Å². The molecule has 102 valence electrons. The molecular weight excluding hydrogens is 252 g/mol. The van der Waals surface area contributed by atoms with Crippen LogP contribution >= 0.6 is 0 Å². The fourth-order valence-corrected chi connectivity index (χ4v) is 2.61. The lowest BCUT2D eigenvalue weighted by Gasteiger charge is -2.19. The van der Waals surface area contributed by atoms with E-state index in [1.54, 1.807) is 12.1 Å². The minimum atomic E-state index is -0.242. The Balaban J connectivity index is 1.80. The number of benzene rings is 1. The van der Waals surface area contributed by atoms with Gasteiger partial charge in [0.25, 0.3) is 5.91 Å². The number of H-pyrrole nitrogens is 1. The highest BCUT2D eigenvalue weighted by molar-refractivity contribution is 5.92. The fourth-order valence-electron chi connectivity index (χ4n) is 2.61. The molecule has 2 aromatic rings. The van der Waals surface area contributed by atoms with Gasteiger partial charge in [0.15, 0.2) is 0 Å². The zero-order valence-electron chi connectivity index (χ0n) is 11.1. The van der Waals surface area contributed by atoms with Gasteiger partial charge in [-0.05, 0) is 30.0 Å². The van der Waals surface area contributed by atoms with Crippen molar-refractivity contribution in [2.24, 2.45) is 0 Å². The number of aromatic nitrogens is 1. The van der Waals surface area contributed by atoms with E-state index in [0.29, 0.717) is 18.8 Å². The Labute approximate surface area is 117 Å². The number of nitrogens with one attached hydrogen (secondary N) is 1. The number of carbonyl (C=O) groups excluding carboxylic acids is 1. The second kappa shape index (κ2) is 5.33. The number of amides is 1. The number of carbonyl (C=O) groups is 1. The first kappa shape index (κ1) is 12.7. The van der Waals surface area contributed by atoms with Gasteiger partial charge in [0, 0.05) is 19.2 Å². The zero-order valence-corrected chi connectivity index (χ0v) is 11.1. The molecule has 1 aliphatic rings. The predicted octanol–water partition coefficient (Wildman–Crippen LogP) is 1.62. The van der Waals surface area contributed by atoms with Gasteiger partial charge in [0.1, 0.15) is 5.69 Å². The first-order chi connectivity index (χ1) is 9.74. The van der Waals surface area contributed by atoms with E-state index in [1.807, 2.05) is 17.0 Å². The van der Waals surface area contributed by atoms with Crippen LogP contribution in [0.25, 0.3) is 0 Å². The van der Waals surface area contributed by atoms with Gasteiger partial charge < -0.3 is 9.88 Å². The van der Waals surface area contributed by atoms with E-state index in [-0.39, 0.29) is 11.5 Å². The van der Waals surface area contributed by atoms with Crippen LogP contribution in [0, 0.1) is 0 Å². The lowest BCUT2D eigenvalue weighted by Crippen LogP contribution is -2.34. The normalized spacial score (nSPS) is 14.5. The molecule has 1 aromatic carbocycles. The molecule has 0 saturated carbocycles. The molecule has 0 bridgehead atoms. The molecule has 0 fully saturated rings. The number of hydrogen-bond acceptors (Lipinski definition) is 2. The van der Waals surface area contributed by atoms with Crippen molar-refractivity contribution in [1.29, 1.82) is 0 Å². The van der Waals surface area contributed by atoms with Crippen molar-refractivity contribution in [3.63, 3.8) is 0 Å². The lowest BCUT2D eigenvalue weighted by atomic mass is 10.0. The number of pyridine rings is 1. The summed E-state index contributed by atoms with van der Waals surface area (Å²) in [5.41, 5.74) is 2.74. The summed E-state index contributed by atoms with van der Waals surface area (Å²) in [4.78, 5) is 28.1. The molecule has 1 N–H and O–H groups in total. The average Bonchev–Trinajstić information content (AvgIpc) is 2.69. The molecule has 20 heavy (non-hydrogen) atoms. The van der Waals surface area contributed by atoms with Crippen LogP contribution < -0.4 is 5.56 Å². The highest BCUT2D eigenvalue weighted by Gasteiger charge is 2.19. The van der Waals surface area contributed by atoms with Gasteiger partial charge in [-0.15, -0.1) is 0 Å². The summed E-state index contributed by atoms with van der Waals surface area (Å²) in [5.74, 6) is -0.101. The Bertz CT molecular complexity index is 664. The number of fused-ring (bicyclic) bond motifs is 1. The molecular formula is C16H16N2O2. The summed E-state index contributed by atoms with van der Waals surface area (Å²) >= 11 is 0. The van der Waals surface area contributed by atoms with Crippen molar-refractivity contribution in [3.8, 4) is 0 Å². The quantitative estimate of drug-likeness (QED) is 0.854. The van der Waals surface area contributed by atoms with E-state index in [2.05, 4.69) is 17.1 Å². The average molecular weight is 268 g/mol. The van der Waals surface area contributed by atoms with E-state index in [9.17, 15) is 9.59 Å². The van der Waals surface area contributed by atoms with E-state index < -0.39 is 0 Å². The van der Waals surface area contributed by atoms with Gasteiger partial charge in [-0.1, -0.05) is 30.3 Å². The molecule has 0 unspecified atom stereocenters. The SMILES string of the molecule is O=C(c1cccc(=O)[nH]1)N1CCc2ccccc2CC1. The van der Waals surface area contributed by atoms with Gasteiger partial charge in [-0.3, -0.25) is 9.59 Å². The Kier molecular flexibility index (Phi) is 3.37. The van der Waals surface area contributed by atoms with Crippen LogP contribution in [0.15, 0.2) is 47.3 Å². The molecule has 2 heterocycles. The minimum Gasteiger partial charge on any atom is -0.337 e. The van der Waals surface area contributed by atoms with Crippen molar-refractivity contribution in [2.45, 2.75) is 12.8 Å². The summed E-state index contributed by atoms with van der Waals surface area (Å²) in [6.45, 7) is 1.37. The summed E-state index contributed by atoms with van der Waals surface area (Å²) in [7, 11) is 0. The third kappa shape index (κ3) is 2.50. The zero-order chi connectivity index (χ0) is 13.9. The minimum absolute atomic E-state index is 0.101. The molecule has 0 saturated heterocycles. The standard InChI is InChI=1S/C16H16N2O2/c19-15-7-3-6-14(17-15)16(20)18-10-8-12-4-1-2-5-13(12)9-11-18/h1-7H,8-11H2,(H,17,19). The van der Waals surface area contributed by atoms with Crippen molar-refractivity contribution in [1.82, 2.24) is 9.88 Å². The van der Waals surface area contributed by atoms with Gasteiger partial charge in [-0.2, -0.15) is 0 Å². The van der Waals surface area contributed by atoms with Gasteiger partial charge in [0.2, 0.25) is 5.56 Å². The second-order valence-corrected chi connectivity index (χ2v) is 4.99. The van der Waals surface area contributed by atoms with Crippen molar-refractivity contribution >= 4 is 5.91 Å². The van der Waals surface area contributed by atoms with Crippen LogP contribution in [-0.2, 0) is 12.8 Å². The maximum atomic E-state index is 12.4. The monoisotopic (exact) mass is 268 g/mol. The smallest absolute Gasteiger partial charge is 0.270 e. The molecule has 1 aliphatic heterocycles. The third-order valence-electron chi connectivity index (χ3n) is 3.71. The van der Waals surface area contributed by atoms with E-state index in [4.69, 9.17) is 0 Å². The summed E-state index contributed by atoms with van der Waals surface area (Å²) in [5, 5.41) is 0. The van der Waals surface area contributed by atoms with Crippen LogP contribution in [0.5, 0.6) is 0 Å². The van der Waals surface area contributed by atoms with Gasteiger partial charge >= 0.3 is 0 Å². The van der Waals surface area contributed by atoms with E-state index in [0.717, 1.165) is 12.8 Å². The maximum absolute atomic E-state index is 12.4. The highest BCUT2D eigenvalue weighted by Crippen LogP contribution is 2.16. The topological polar surface area (TPSA) is 53.2 Å². The maximum Gasteiger partial charge on any atom is 0.270 e. The van der Waals surface area contributed by atoms with Gasteiger partial charge in [-0.25, -0.2) is 0 Å². The summed E-state index contributed by atoms with van der Waals surface area (Å²) in [6, 6.07) is 13.0. The molecule has 1 amide bonds. The molecule has 0 spiro atoms. The van der Waals surface area contributed by atoms with Crippen LogP contribution in [0.3, 0.4) is 0 Å². The molecule has 0 atom stereocenters. The number of hydrogen-bond donors (Lipinski definition) is 1. The molecule has 3 rings (SSSR count). The first-order valence-electron chi connectivity index (χ1n) is 6.79. The van der Waals surface area contributed by atoms with E-state index in [1.165, 1.54) is 17.2 Å². The molecule has 4 nitrogen and oxygen atoms in total. The van der Waals surface area contributed by atoms with Crippen molar-refractivity contribution < 1.29 is 4.79 Å². The molecule has 0 radical (unpaired) electrons. The number of aromatic amines is 1. The fraction of sp³-hybridized carbons (Fsp3) is 0.250. The van der Waals surface area contributed by atoms with Crippen molar-refractivity contribution in [3.05, 3.63) is 69.6 Å². The summed E-state index contributed by atoms with van der Waals surface area (Å²) < 4.78 is 0. The molecule has 4 heteroatoms. The number of rotatable bonds is 1. The second-order valence-electron chi connectivity index (χ2n) is 4.99. The van der Waals surface area contributed by atoms with Crippen LogP contribution in [0.4, 0.5) is 0 Å². The van der Waals surface area contributed by atoms with Crippen molar-refractivity contribution in [2.75, 3.05) is 13.1 Å². The Morgan fingerprint density at radius 2 is 1.60 bits per heavy atom. The first-order valence-corrected chi connectivity index (χ1v) is 6.79. The lowest BCUT2D eigenvalue weighted by molar-refractivity contribution is 0.0757. The van der Waals surface area contributed by atoms with Crippen LogP contribution in [0.2, 0.25) is 0 Å². The van der Waals surface area contributed by atoms with Gasteiger partial charge in [0.05, 0.1) is 0 Å². The van der Waals surface area contributed by atoms with Crippen LogP contribution in [-0.4, -0.2) is 28.9 Å². The largest absolute Gasteiger partial charge is 0.337 e. The highest BCUT2D eigenvalue weighted by atomic mass is 16.2. The Morgan fingerprint density at radius 3 is 2.20 bits per heavy atom. The third-order valence-corrected chi connectivity index (χ3v) is 3.71. The Hall–Kier alpha value is -2.36.